The van der Waals surface area contributed by atoms with Gasteiger partial charge in [0, 0.05) is 18.2 Å². The molecule has 1 amide bonds. The van der Waals surface area contributed by atoms with Crippen LogP contribution in [0.25, 0.3) is 0 Å². The van der Waals surface area contributed by atoms with Crippen LogP contribution < -0.4 is 11.1 Å². The molecule has 1 aromatic heterocycles. The van der Waals surface area contributed by atoms with Gasteiger partial charge in [-0.05, 0) is 27.2 Å². The van der Waals surface area contributed by atoms with Gasteiger partial charge in [-0.3, -0.25) is 4.79 Å². The highest BCUT2D eigenvalue weighted by Gasteiger charge is 2.12. The molecule has 0 saturated carbocycles. The van der Waals surface area contributed by atoms with Crippen LogP contribution in [0.2, 0.25) is 0 Å². The Morgan fingerprint density at radius 2 is 2.25 bits per heavy atom. The molecule has 5 heteroatoms. The number of nitrogens with zero attached hydrogens (tertiary/aromatic N) is 1. The maximum atomic E-state index is 11.6. The maximum absolute atomic E-state index is 11.6. The Morgan fingerprint density at radius 3 is 2.75 bits per heavy atom. The number of hydrogen-bond donors (Lipinski definition) is 2. The van der Waals surface area contributed by atoms with Crippen molar-refractivity contribution in [1.82, 2.24) is 10.5 Å². The van der Waals surface area contributed by atoms with E-state index in [1.165, 1.54) is 0 Å². The van der Waals surface area contributed by atoms with E-state index in [0.717, 1.165) is 17.7 Å². The quantitative estimate of drug-likeness (QED) is 0.772. The van der Waals surface area contributed by atoms with Gasteiger partial charge in [0.15, 0.2) is 0 Å². The van der Waals surface area contributed by atoms with Gasteiger partial charge in [-0.15, -0.1) is 0 Å². The summed E-state index contributed by atoms with van der Waals surface area (Å²) in [5, 5.41) is 6.62. The molecule has 90 valence electrons. The summed E-state index contributed by atoms with van der Waals surface area (Å²) in [7, 11) is 0. The molecule has 0 aliphatic rings. The molecular weight excluding hydrogens is 206 g/mol. The number of carbonyl (C=O) groups is 1. The van der Waals surface area contributed by atoms with E-state index in [2.05, 4.69) is 10.5 Å². The third-order valence-corrected chi connectivity index (χ3v) is 2.44. The smallest absolute Gasteiger partial charge is 0.224 e. The van der Waals surface area contributed by atoms with Crippen LogP contribution >= 0.6 is 0 Å². The third kappa shape index (κ3) is 3.66. The van der Waals surface area contributed by atoms with Crippen molar-refractivity contribution in [2.45, 2.75) is 39.7 Å². The molecule has 0 saturated heterocycles. The van der Waals surface area contributed by atoms with E-state index in [9.17, 15) is 4.79 Å². The van der Waals surface area contributed by atoms with E-state index >= 15 is 0 Å². The summed E-state index contributed by atoms with van der Waals surface area (Å²) in [5.41, 5.74) is 7.24. The Labute approximate surface area is 95.4 Å². The Balaban J connectivity index is 2.40. The van der Waals surface area contributed by atoms with E-state index in [4.69, 9.17) is 10.3 Å². The lowest BCUT2D eigenvalue weighted by molar-refractivity contribution is -0.120. The molecule has 5 nitrogen and oxygen atoms in total. The van der Waals surface area contributed by atoms with Gasteiger partial charge in [0.1, 0.15) is 5.76 Å². The molecule has 0 fully saturated rings. The molecule has 0 aliphatic heterocycles. The number of amides is 1. The summed E-state index contributed by atoms with van der Waals surface area (Å²) < 4.78 is 4.99. The molecule has 0 aliphatic carbocycles. The summed E-state index contributed by atoms with van der Waals surface area (Å²) in [4.78, 5) is 11.6. The Morgan fingerprint density at radius 1 is 1.56 bits per heavy atom. The first-order chi connectivity index (χ1) is 7.50. The van der Waals surface area contributed by atoms with Crippen molar-refractivity contribution < 1.29 is 9.32 Å². The molecule has 1 atom stereocenters. The van der Waals surface area contributed by atoms with Crippen LogP contribution in [0.3, 0.4) is 0 Å². The molecule has 0 radical (unpaired) electrons. The zero-order valence-electron chi connectivity index (χ0n) is 10.0. The first kappa shape index (κ1) is 12.7. The average Bonchev–Trinajstić information content (AvgIpc) is 2.49. The summed E-state index contributed by atoms with van der Waals surface area (Å²) in [5.74, 6) is 0.690. The van der Waals surface area contributed by atoms with Crippen LogP contribution in [0.1, 0.15) is 30.4 Å². The van der Waals surface area contributed by atoms with Gasteiger partial charge in [0.05, 0.1) is 12.1 Å². The minimum atomic E-state index is -0.0185. The number of nitrogens with two attached hydrogens (primary N) is 1. The van der Waals surface area contributed by atoms with Gasteiger partial charge in [-0.25, -0.2) is 0 Å². The highest BCUT2D eigenvalue weighted by atomic mass is 16.5. The fourth-order valence-electron chi connectivity index (χ4n) is 1.42. The van der Waals surface area contributed by atoms with Crippen molar-refractivity contribution in [2.75, 3.05) is 6.54 Å². The van der Waals surface area contributed by atoms with Crippen molar-refractivity contribution in [3.8, 4) is 0 Å². The highest BCUT2D eigenvalue weighted by Crippen LogP contribution is 2.12. The largest absolute Gasteiger partial charge is 0.361 e. The number of hydrogen-bond acceptors (Lipinski definition) is 4. The first-order valence-corrected chi connectivity index (χ1v) is 5.44. The number of aryl methyl sites for hydroxylation is 2. The second-order valence-electron chi connectivity index (χ2n) is 4.10. The first-order valence-electron chi connectivity index (χ1n) is 5.44. The topological polar surface area (TPSA) is 81.2 Å². The lowest BCUT2D eigenvalue weighted by Gasteiger charge is -2.06. The number of carbonyl (C=O) groups excluding carboxylic acids is 1. The Hall–Kier alpha value is -1.36. The van der Waals surface area contributed by atoms with Crippen LogP contribution in [0.15, 0.2) is 4.52 Å². The summed E-state index contributed by atoms with van der Waals surface area (Å²) >= 11 is 0. The van der Waals surface area contributed by atoms with Gasteiger partial charge in [0.2, 0.25) is 5.91 Å². The van der Waals surface area contributed by atoms with Gasteiger partial charge in [0.25, 0.3) is 0 Å². The second kappa shape index (κ2) is 5.65. The fourth-order valence-corrected chi connectivity index (χ4v) is 1.42. The minimum Gasteiger partial charge on any atom is -0.361 e. The normalized spacial score (nSPS) is 12.5. The molecule has 0 bridgehead atoms. The van der Waals surface area contributed by atoms with Crippen LogP contribution in [0.5, 0.6) is 0 Å². The fraction of sp³-hybridized carbons (Fsp3) is 0.636. The molecule has 1 aromatic rings. The Kier molecular flexibility index (Phi) is 4.49. The van der Waals surface area contributed by atoms with E-state index in [-0.39, 0.29) is 11.9 Å². The summed E-state index contributed by atoms with van der Waals surface area (Å²) in [6.07, 6.45) is 1.10. The van der Waals surface area contributed by atoms with E-state index in [0.29, 0.717) is 18.7 Å². The predicted molar refractivity (Wildman–Crippen MR) is 61.0 cm³/mol. The molecule has 3 N–H and O–H groups in total. The summed E-state index contributed by atoms with van der Waals surface area (Å²) in [6.45, 7) is 6.17. The SMILES string of the molecule is Cc1noc(C)c1CC(=O)NCCC(C)N. The van der Waals surface area contributed by atoms with Crippen molar-refractivity contribution in [2.24, 2.45) is 5.73 Å². The second-order valence-corrected chi connectivity index (χ2v) is 4.10. The molecule has 0 aromatic carbocycles. The van der Waals surface area contributed by atoms with E-state index in [1.807, 2.05) is 20.8 Å². The molecule has 16 heavy (non-hydrogen) atoms. The zero-order chi connectivity index (χ0) is 12.1. The lowest BCUT2D eigenvalue weighted by atomic mass is 10.1. The van der Waals surface area contributed by atoms with Gasteiger partial charge in [-0.2, -0.15) is 0 Å². The van der Waals surface area contributed by atoms with Gasteiger partial charge < -0.3 is 15.6 Å². The van der Waals surface area contributed by atoms with Crippen molar-refractivity contribution in [3.63, 3.8) is 0 Å². The number of aromatic nitrogens is 1. The summed E-state index contributed by atoms with van der Waals surface area (Å²) in [6, 6.07) is 0.111. The molecule has 1 rings (SSSR count). The standard InChI is InChI=1S/C11H19N3O2/c1-7(12)4-5-13-11(15)6-10-8(2)14-16-9(10)3/h7H,4-6,12H2,1-3H3,(H,13,15). The van der Waals surface area contributed by atoms with Crippen molar-refractivity contribution in [3.05, 3.63) is 17.0 Å². The maximum Gasteiger partial charge on any atom is 0.224 e. The molecule has 1 heterocycles. The molecule has 1 unspecified atom stereocenters. The number of rotatable bonds is 5. The predicted octanol–water partition coefficient (Wildman–Crippen LogP) is 0.687. The average molecular weight is 225 g/mol. The zero-order valence-corrected chi connectivity index (χ0v) is 10.0. The van der Waals surface area contributed by atoms with Crippen LogP contribution in [0, 0.1) is 13.8 Å². The third-order valence-electron chi connectivity index (χ3n) is 2.44. The highest BCUT2D eigenvalue weighted by molar-refractivity contribution is 5.78. The molecule has 0 spiro atoms. The van der Waals surface area contributed by atoms with Crippen LogP contribution in [-0.4, -0.2) is 23.7 Å². The van der Waals surface area contributed by atoms with Gasteiger partial charge >= 0.3 is 0 Å². The Bertz CT molecular complexity index is 339. The van der Waals surface area contributed by atoms with Crippen LogP contribution in [-0.2, 0) is 11.2 Å². The lowest BCUT2D eigenvalue weighted by Crippen LogP contribution is -2.30. The number of nitrogens with one attached hydrogen (secondary N) is 1. The van der Waals surface area contributed by atoms with Crippen molar-refractivity contribution >= 4 is 5.91 Å². The molecular formula is C11H19N3O2. The van der Waals surface area contributed by atoms with E-state index < -0.39 is 0 Å². The van der Waals surface area contributed by atoms with Crippen LogP contribution in [0.4, 0.5) is 0 Å². The monoisotopic (exact) mass is 225 g/mol. The van der Waals surface area contributed by atoms with Crippen molar-refractivity contribution in [1.29, 1.82) is 0 Å². The van der Waals surface area contributed by atoms with Gasteiger partial charge in [-0.1, -0.05) is 5.16 Å². The van der Waals surface area contributed by atoms with E-state index in [1.54, 1.807) is 0 Å². The minimum absolute atomic E-state index is 0.0185.